The molecule has 2 aromatic rings. The second-order valence-corrected chi connectivity index (χ2v) is 5.13. The van der Waals surface area contributed by atoms with E-state index >= 15 is 0 Å². The zero-order valence-corrected chi connectivity index (χ0v) is 10.3. The van der Waals surface area contributed by atoms with Crippen molar-refractivity contribution in [1.82, 2.24) is 14.3 Å². The van der Waals surface area contributed by atoms with Crippen molar-refractivity contribution in [3.63, 3.8) is 0 Å². The molecule has 0 radical (unpaired) electrons. The molecule has 3 rings (SSSR count). The van der Waals surface area contributed by atoms with Crippen LogP contribution in [-0.2, 0) is 6.42 Å². The van der Waals surface area contributed by atoms with E-state index in [4.69, 9.17) is 5.73 Å². The van der Waals surface area contributed by atoms with E-state index in [0.717, 1.165) is 22.8 Å². The van der Waals surface area contributed by atoms with Crippen LogP contribution in [0.1, 0.15) is 29.5 Å². The molecule has 1 fully saturated rings. The lowest BCUT2D eigenvalue weighted by Crippen LogP contribution is -2.02. The summed E-state index contributed by atoms with van der Waals surface area (Å²) in [5, 5.41) is 1.01. The van der Waals surface area contributed by atoms with E-state index in [9.17, 15) is 0 Å². The van der Waals surface area contributed by atoms with Crippen LogP contribution in [0, 0.1) is 0 Å². The Morgan fingerprint density at radius 2 is 2.29 bits per heavy atom. The molecule has 0 bridgehead atoms. The van der Waals surface area contributed by atoms with Gasteiger partial charge in [0.15, 0.2) is 5.82 Å². The van der Waals surface area contributed by atoms with Crippen LogP contribution in [0.25, 0.3) is 11.4 Å². The first-order chi connectivity index (χ1) is 8.36. The van der Waals surface area contributed by atoms with E-state index in [2.05, 4.69) is 20.4 Å². The molecule has 0 unspecified atom stereocenters. The molecule has 0 saturated heterocycles. The summed E-state index contributed by atoms with van der Waals surface area (Å²) in [5.74, 6) is 1.47. The Labute approximate surface area is 104 Å². The quantitative estimate of drug-likeness (QED) is 0.896. The van der Waals surface area contributed by atoms with Gasteiger partial charge in [-0.05, 0) is 43.1 Å². The normalized spacial score (nSPS) is 15.1. The lowest BCUT2D eigenvalue weighted by atomic mass is 10.2. The predicted octanol–water partition coefficient (Wildman–Crippen LogP) is 1.98. The van der Waals surface area contributed by atoms with Gasteiger partial charge < -0.3 is 5.73 Å². The highest BCUT2D eigenvalue weighted by Crippen LogP contribution is 2.39. The number of rotatable bonds is 4. The molecule has 0 amide bonds. The Kier molecular flexibility index (Phi) is 2.86. The zero-order valence-electron chi connectivity index (χ0n) is 9.47. The van der Waals surface area contributed by atoms with Gasteiger partial charge in [0.1, 0.15) is 5.01 Å². The summed E-state index contributed by atoms with van der Waals surface area (Å²) < 4.78 is 4.37. The van der Waals surface area contributed by atoms with Crippen LogP contribution in [0.5, 0.6) is 0 Å². The van der Waals surface area contributed by atoms with E-state index in [1.54, 1.807) is 0 Å². The Morgan fingerprint density at radius 1 is 1.41 bits per heavy atom. The van der Waals surface area contributed by atoms with Crippen molar-refractivity contribution < 1.29 is 0 Å². The van der Waals surface area contributed by atoms with Gasteiger partial charge in [-0.15, -0.1) is 0 Å². The smallest absolute Gasteiger partial charge is 0.173 e. The van der Waals surface area contributed by atoms with Gasteiger partial charge in [0.25, 0.3) is 0 Å². The number of nitrogens with two attached hydrogens (primary N) is 1. The van der Waals surface area contributed by atoms with E-state index in [1.165, 1.54) is 30.1 Å². The molecule has 1 saturated carbocycles. The SMILES string of the molecule is NCCc1nc(-c2ccnc(C3CC3)c2)ns1. The summed E-state index contributed by atoms with van der Waals surface area (Å²) >= 11 is 1.44. The first-order valence-electron chi connectivity index (χ1n) is 5.86. The fourth-order valence-electron chi connectivity index (χ4n) is 1.79. The summed E-state index contributed by atoms with van der Waals surface area (Å²) in [6.07, 6.45) is 5.18. The fourth-order valence-corrected chi connectivity index (χ4v) is 2.46. The van der Waals surface area contributed by atoms with Crippen molar-refractivity contribution in [3.05, 3.63) is 29.0 Å². The van der Waals surface area contributed by atoms with Crippen molar-refractivity contribution in [2.24, 2.45) is 5.73 Å². The van der Waals surface area contributed by atoms with Crippen molar-refractivity contribution in [2.75, 3.05) is 6.54 Å². The minimum atomic E-state index is 0.623. The van der Waals surface area contributed by atoms with Gasteiger partial charge >= 0.3 is 0 Å². The van der Waals surface area contributed by atoms with E-state index in [-0.39, 0.29) is 0 Å². The molecule has 1 aliphatic carbocycles. The van der Waals surface area contributed by atoms with Crippen LogP contribution in [0.2, 0.25) is 0 Å². The van der Waals surface area contributed by atoms with Crippen molar-refractivity contribution in [1.29, 1.82) is 0 Å². The van der Waals surface area contributed by atoms with E-state index < -0.39 is 0 Å². The van der Waals surface area contributed by atoms with Crippen LogP contribution in [0.3, 0.4) is 0 Å². The number of hydrogen-bond donors (Lipinski definition) is 1. The molecule has 0 aromatic carbocycles. The molecule has 1 aliphatic rings. The van der Waals surface area contributed by atoms with Crippen molar-refractivity contribution >= 4 is 11.5 Å². The van der Waals surface area contributed by atoms with Crippen molar-refractivity contribution in [3.8, 4) is 11.4 Å². The number of hydrogen-bond acceptors (Lipinski definition) is 5. The van der Waals surface area contributed by atoms with Crippen LogP contribution in [0.4, 0.5) is 0 Å². The van der Waals surface area contributed by atoms with Gasteiger partial charge in [0, 0.05) is 29.8 Å². The predicted molar refractivity (Wildman–Crippen MR) is 67.9 cm³/mol. The molecular weight excluding hydrogens is 232 g/mol. The minimum Gasteiger partial charge on any atom is -0.330 e. The lowest BCUT2D eigenvalue weighted by molar-refractivity contribution is 0.952. The molecule has 0 spiro atoms. The minimum absolute atomic E-state index is 0.623. The molecular formula is C12H14N4S. The topological polar surface area (TPSA) is 64.7 Å². The maximum atomic E-state index is 5.51. The van der Waals surface area contributed by atoms with Gasteiger partial charge in [-0.3, -0.25) is 4.98 Å². The highest BCUT2D eigenvalue weighted by molar-refractivity contribution is 7.05. The number of pyridine rings is 1. The second-order valence-electron chi connectivity index (χ2n) is 4.29. The molecule has 5 heteroatoms. The maximum Gasteiger partial charge on any atom is 0.173 e. The molecule has 88 valence electrons. The monoisotopic (exact) mass is 246 g/mol. The molecule has 4 nitrogen and oxygen atoms in total. The average Bonchev–Trinajstić information content (AvgIpc) is 3.11. The molecule has 2 N–H and O–H groups in total. The molecule has 0 atom stereocenters. The largest absolute Gasteiger partial charge is 0.330 e. The zero-order chi connectivity index (χ0) is 11.7. The standard InChI is InChI=1S/C12H14N4S/c13-5-3-11-15-12(16-17-11)9-4-6-14-10(7-9)8-1-2-8/h4,6-8H,1-3,5,13H2. The Balaban J connectivity index is 1.88. The van der Waals surface area contributed by atoms with E-state index in [0.29, 0.717) is 12.5 Å². The first-order valence-corrected chi connectivity index (χ1v) is 6.63. The molecule has 0 aliphatic heterocycles. The van der Waals surface area contributed by atoms with E-state index in [1.807, 2.05) is 12.3 Å². The highest BCUT2D eigenvalue weighted by atomic mass is 32.1. The van der Waals surface area contributed by atoms with Crippen LogP contribution in [0.15, 0.2) is 18.3 Å². The lowest BCUT2D eigenvalue weighted by Gasteiger charge is -1.99. The highest BCUT2D eigenvalue weighted by Gasteiger charge is 2.25. The van der Waals surface area contributed by atoms with Gasteiger partial charge in [0.05, 0.1) is 0 Å². The summed E-state index contributed by atoms with van der Waals surface area (Å²) in [5.41, 5.74) is 7.76. The van der Waals surface area contributed by atoms with Gasteiger partial charge in [-0.2, -0.15) is 4.37 Å². The average molecular weight is 246 g/mol. The third kappa shape index (κ3) is 2.35. The van der Waals surface area contributed by atoms with Crippen LogP contribution >= 0.6 is 11.5 Å². The summed E-state index contributed by atoms with van der Waals surface area (Å²) in [4.78, 5) is 8.89. The molecule has 2 heterocycles. The molecule has 2 aromatic heterocycles. The van der Waals surface area contributed by atoms with Gasteiger partial charge in [-0.1, -0.05) is 0 Å². The second kappa shape index (κ2) is 4.50. The van der Waals surface area contributed by atoms with Gasteiger partial charge in [-0.25, -0.2) is 4.98 Å². The third-order valence-electron chi connectivity index (χ3n) is 2.86. The Bertz CT molecular complexity index is 519. The van der Waals surface area contributed by atoms with Crippen LogP contribution in [-0.4, -0.2) is 20.9 Å². The van der Waals surface area contributed by atoms with Crippen molar-refractivity contribution in [2.45, 2.75) is 25.2 Å². The number of nitrogens with zero attached hydrogens (tertiary/aromatic N) is 3. The number of aromatic nitrogens is 3. The maximum absolute atomic E-state index is 5.51. The first kappa shape index (κ1) is 10.8. The van der Waals surface area contributed by atoms with Gasteiger partial charge in [0.2, 0.25) is 0 Å². The Hall–Kier alpha value is -1.33. The Morgan fingerprint density at radius 3 is 3.06 bits per heavy atom. The van der Waals surface area contributed by atoms with Crippen LogP contribution < -0.4 is 5.73 Å². The summed E-state index contributed by atoms with van der Waals surface area (Å²) in [7, 11) is 0. The summed E-state index contributed by atoms with van der Waals surface area (Å²) in [6.45, 7) is 0.623. The fraction of sp³-hybridized carbons (Fsp3) is 0.417. The summed E-state index contributed by atoms with van der Waals surface area (Å²) in [6, 6.07) is 4.09. The molecule has 17 heavy (non-hydrogen) atoms. The third-order valence-corrected chi connectivity index (χ3v) is 3.63.